The first-order chi connectivity index (χ1) is 10.1. The average molecular weight is 286 g/mol. The number of para-hydroxylation sites is 1. The fraction of sp³-hybridized carbons (Fsp3) is 0.267. The van der Waals surface area contributed by atoms with Crippen molar-refractivity contribution in [2.45, 2.75) is 13.3 Å². The van der Waals surface area contributed by atoms with E-state index in [-0.39, 0.29) is 5.69 Å². The third kappa shape index (κ3) is 3.47. The molecule has 1 aromatic heterocycles. The Balaban J connectivity index is 2.40. The molecule has 6 heteroatoms. The van der Waals surface area contributed by atoms with Crippen molar-refractivity contribution in [2.75, 3.05) is 23.8 Å². The third-order valence-corrected chi connectivity index (χ3v) is 3.07. The van der Waals surface area contributed by atoms with Gasteiger partial charge in [-0.2, -0.15) is 0 Å². The standard InChI is InChI=1S/C15H18N4O2/c1-3-11-16-14-10-9-13(19(20)21)15(17-14)18(2)12-7-5-4-6-8-12/h4-10H,3,11H2,1-2H3,(H,16,17). The molecule has 0 unspecified atom stereocenters. The van der Waals surface area contributed by atoms with Crippen molar-refractivity contribution in [3.63, 3.8) is 0 Å². The van der Waals surface area contributed by atoms with E-state index in [0.29, 0.717) is 11.6 Å². The zero-order valence-corrected chi connectivity index (χ0v) is 12.1. The molecule has 6 nitrogen and oxygen atoms in total. The Kier molecular flexibility index (Phi) is 4.71. The first-order valence-corrected chi connectivity index (χ1v) is 6.81. The molecule has 0 saturated heterocycles. The second-order valence-corrected chi connectivity index (χ2v) is 4.62. The second kappa shape index (κ2) is 6.69. The average Bonchev–Trinajstić information content (AvgIpc) is 2.52. The van der Waals surface area contributed by atoms with Gasteiger partial charge in [-0.15, -0.1) is 0 Å². The lowest BCUT2D eigenvalue weighted by atomic mass is 10.2. The normalized spacial score (nSPS) is 10.2. The highest BCUT2D eigenvalue weighted by atomic mass is 16.6. The van der Waals surface area contributed by atoms with Crippen molar-refractivity contribution in [1.29, 1.82) is 0 Å². The van der Waals surface area contributed by atoms with Crippen LogP contribution in [0.25, 0.3) is 0 Å². The number of nitrogens with one attached hydrogen (secondary N) is 1. The van der Waals surface area contributed by atoms with Gasteiger partial charge in [-0.1, -0.05) is 25.1 Å². The molecule has 1 N–H and O–H groups in total. The van der Waals surface area contributed by atoms with Crippen LogP contribution in [0.4, 0.5) is 23.0 Å². The first-order valence-electron chi connectivity index (χ1n) is 6.81. The summed E-state index contributed by atoms with van der Waals surface area (Å²) < 4.78 is 0. The van der Waals surface area contributed by atoms with Gasteiger partial charge in [0, 0.05) is 25.3 Å². The zero-order chi connectivity index (χ0) is 15.2. The maximum Gasteiger partial charge on any atom is 0.312 e. The number of benzene rings is 1. The summed E-state index contributed by atoms with van der Waals surface area (Å²) >= 11 is 0. The second-order valence-electron chi connectivity index (χ2n) is 4.62. The molecule has 1 heterocycles. The molecule has 2 aromatic rings. The van der Waals surface area contributed by atoms with E-state index in [9.17, 15) is 10.1 Å². The monoisotopic (exact) mass is 286 g/mol. The molecule has 0 aliphatic carbocycles. The molecule has 0 aliphatic heterocycles. The van der Waals surface area contributed by atoms with Gasteiger partial charge in [0.2, 0.25) is 5.82 Å². The maximum atomic E-state index is 11.2. The minimum absolute atomic E-state index is 0.0107. The Morgan fingerprint density at radius 2 is 1.95 bits per heavy atom. The minimum Gasteiger partial charge on any atom is -0.370 e. The summed E-state index contributed by atoms with van der Waals surface area (Å²) in [6.45, 7) is 2.83. The van der Waals surface area contributed by atoms with Crippen LogP contribution in [0.3, 0.4) is 0 Å². The summed E-state index contributed by atoms with van der Waals surface area (Å²) in [4.78, 5) is 16.9. The van der Waals surface area contributed by atoms with Crippen molar-refractivity contribution in [1.82, 2.24) is 4.98 Å². The molecular weight excluding hydrogens is 268 g/mol. The van der Waals surface area contributed by atoms with Crippen LogP contribution in [-0.2, 0) is 0 Å². The van der Waals surface area contributed by atoms with Crippen molar-refractivity contribution in [3.8, 4) is 0 Å². The van der Waals surface area contributed by atoms with Crippen LogP contribution in [-0.4, -0.2) is 23.5 Å². The first kappa shape index (κ1) is 14.8. The van der Waals surface area contributed by atoms with E-state index in [0.717, 1.165) is 18.7 Å². The van der Waals surface area contributed by atoms with Crippen LogP contribution in [0.1, 0.15) is 13.3 Å². The third-order valence-electron chi connectivity index (χ3n) is 3.07. The van der Waals surface area contributed by atoms with Gasteiger partial charge in [0.1, 0.15) is 5.82 Å². The molecule has 0 radical (unpaired) electrons. The number of pyridine rings is 1. The summed E-state index contributed by atoms with van der Waals surface area (Å²) in [7, 11) is 1.77. The van der Waals surface area contributed by atoms with E-state index in [2.05, 4.69) is 17.2 Å². The number of nitro groups is 1. The van der Waals surface area contributed by atoms with E-state index in [1.165, 1.54) is 6.07 Å². The minimum atomic E-state index is -0.411. The number of aromatic nitrogens is 1. The molecule has 0 saturated carbocycles. The Morgan fingerprint density at radius 1 is 1.24 bits per heavy atom. The molecule has 0 amide bonds. The topological polar surface area (TPSA) is 71.3 Å². The fourth-order valence-electron chi connectivity index (χ4n) is 1.96. The lowest BCUT2D eigenvalue weighted by Gasteiger charge is -2.19. The van der Waals surface area contributed by atoms with Gasteiger partial charge in [0.25, 0.3) is 0 Å². The largest absolute Gasteiger partial charge is 0.370 e. The van der Waals surface area contributed by atoms with Gasteiger partial charge in [-0.05, 0) is 24.6 Å². The lowest BCUT2D eigenvalue weighted by Crippen LogP contribution is -2.14. The molecule has 0 fully saturated rings. The predicted molar refractivity (Wildman–Crippen MR) is 84.2 cm³/mol. The molecular formula is C15H18N4O2. The van der Waals surface area contributed by atoms with E-state index in [1.807, 2.05) is 30.3 Å². The molecule has 21 heavy (non-hydrogen) atoms. The molecule has 0 spiro atoms. The lowest BCUT2D eigenvalue weighted by molar-refractivity contribution is -0.384. The summed E-state index contributed by atoms with van der Waals surface area (Å²) in [6, 6.07) is 12.6. The Labute approximate surface area is 123 Å². The van der Waals surface area contributed by atoms with Crippen LogP contribution in [0.15, 0.2) is 42.5 Å². The summed E-state index contributed by atoms with van der Waals surface area (Å²) in [5, 5.41) is 14.3. The van der Waals surface area contributed by atoms with Gasteiger partial charge in [-0.3, -0.25) is 10.1 Å². The van der Waals surface area contributed by atoms with E-state index in [4.69, 9.17) is 0 Å². The van der Waals surface area contributed by atoms with Crippen LogP contribution < -0.4 is 10.2 Å². The van der Waals surface area contributed by atoms with Crippen LogP contribution in [0.2, 0.25) is 0 Å². The van der Waals surface area contributed by atoms with Crippen molar-refractivity contribution in [2.24, 2.45) is 0 Å². The van der Waals surface area contributed by atoms with Gasteiger partial charge < -0.3 is 10.2 Å². The smallest absolute Gasteiger partial charge is 0.312 e. The summed E-state index contributed by atoms with van der Waals surface area (Å²) in [5.74, 6) is 0.965. The highest BCUT2D eigenvalue weighted by molar-refractivity contribution is 5.69. The Bertz CT molecular complexity index is 616. The number of hydrogen-bond acceptors (Lipinski definition) is 5. The highest BCUT2D eigenvalue weighted by Gasteiger charge is 2.20. The van der Waals surface area contributed by atoms with E-state index < -0.39 is 4.92 Å². The van der Waals surface area contributed by atoms with Gasteiger partial charge in [0.05, 0.1) is 4.92 Å². The summed E-state index contributed by atoms with van der Waals surface area (Å²) in [6.07, 6.45) is 0.961. The number of nitrogens with zero attached hydrogens (tertiary/aromatic N) is 3. The SMILES string of the molecule is CCCNc1ccc([N+](=O)[O-])c(N(C)c2ccccc2)n1. The molecule has 2 rings (SSSR count). The molecule has 110 valence electrons. The van der Waals surface area contributed by atoms with E-state index >= 15 is 0 Å². The van der Waals surface area contributed by atoms with Crippen LogP contribution in [0, 0.1) is 10.1 Å². The molecule has 0 atom stereocenters. The molecule has 0 bridgehead atoms. The van der Waals surface area contributed by atoms with Crippen LogP contribution in [0.5, 0.6) is 0 Å². The Morgan fingerprint density at radius 3 is 2.57 bits per heavy atom. The zero-order valence-electron chi connectivity index (χ0n) is 12.1. The van der Waals surface area contributed by atoms with Gasteiger partial charge in [-0.25, -0.2) is 4.98 Å². The summed E-state index contributed by atoms with van der Waals surface area (Å²) in [5.41, 5.74) is 0.837. The maximum absolute atomic E-state index is 11.2. The fourth-order valence-corrected chi connectivity index (χ4v) is 1.96. The van der Waals surface area contributed by atoms with Crippen molar-refractivity contribution in [3.05, 3.63) is 52.6 Å². The highest BCUT2D eigenvalue weighted by Crippen LogP contribution is 2.31. The number of rotatable bonds is 6. The van der Waals surface area contributed by atoms with E-state index in [1.54, 1.807) is 18.0 Å². The van der Waals surface area contributed by atoms with Crippen molar-refractivity contribution < 1.29 is 4.92 Å². The molecule has 0 aliphatic rings. The Hall–Kier alpha value is -2.63. The predicted octanol–water partition coefficient (Wildman–Crippen LogP) is 3.58. The van der Waals surface area contributed by atoms with Crippen LogP contribution >= 0.6 is 0 Å². The van der Waals surface area contributed by atoms with Gasteiger partial charge >= 0.3 is 5.69 Å². The molecule has 1 aromatic carbocycles. The number of hydrogen-bond donors (Lipinski definition) is 1. The van der Waals surface area contributed by atoms with Gasteiger partial charge in [0.15, 0.2) is 0 Å². The quantitative estimate of drug-likeness (QED) is 0.649. The number of anilines is 3. The van der Waals surface area contributed by atoms with Crippen molar-refractivity contribution >= 4 is 23.0 Å².